The highest BCUT2D eigenvalue weighted by atomic mass is 35.5. The van der Waals surface area contributed by atoms with E-state index in [1.54, 1.807) is 13.2 Å². The molecule has 14 heavy (non-hydrogen) atoms. The number of fused-ring (bicyclic) bond motifs is 1. The summed E-state index contributed by atoms with van der Waals surface area (Å²) in [6.45, 7) is 0.332. The molecule has 1 aliphatic rings. The largest absolute Gasteiger partial charge is 0.380 e. The van der Waals surface area contributed by atoms with Gasteiger partial charge in [-0.25, -0.2) is 4.39 Å². The molecular formula is C11H12ClFO. The van der Waals surface area contributed by atoms with Crippen LogP contribution in [0.25, 0.3) is 0 Å². The molecule has 0 aromatic heterocycles. The fourth-order valence-corrected chi connectivity index (χ4v) is 2.31. The second-order valence-electron chi connectivity index (χ2n) is 3.53. The molecule has 1 aromatic carbocycles. The van der Waals surface area contributed by atoms with E-state index in [1.165, 1.54) is 6.07 Å². The van der Waals surface area contributed by atoms with E-state index in [2.05, 4.69) is 0 Å². The SMILES string of the molecule is COCc1c(F)ccc2c1CCC2Cl. The number of benzene rings is 1. The summed E-state index contributed by atoms with van der Waals surface area (Å²) in [5, 5.41) is 0.0428. The van der Waals surface area contributed by atoms with Gasteiger partial charge in [-0.1, -0.05) is 6.07 Å². The summed E-state index contributed by atoms with van der Waals surface area (Å²) in [6, 6.07) is 3.27. The number of alkyl halides is 1. The van der Waals surface area contributed by atoms with Gasteiger partial charge in [0.1, 0.15) is 5.82 Å². The zero-order chi connectivity index (χ0) is 10.1. The summed E-state index contributed by atoms with van der Waals surface area (Å²) in [6.07, 6.45) is 1.76. The third-order valence-corrected chi connectivity index (χ3v) is 3.14. The summed E-state index contributed by atoms with van der Waals surface area (Å²) in [5.41, 5.74) is 2.79. The van der Waals surface area contributed by atoms with Gasteiger partial charge in [0.2, 0.25) is 0 Å². The highest BCUT2D eigenvalue weighted by molar-refractivity contribution is 6.21. The molecule has 76 valence electrons. The van der Waals surface area contributed by atoms with Gasteiger partial charge in [0, 0.05) is 12.7 Å². The number of rotatable bonds is 2. The Kier molecular flexibility index (Phi) is 2.75. The van der Waals surface area contributed by atoms with Crippen LogP contribution in [-0.2, 0) is 17.8 Å². The third-order valence-electron chi connectivity index (χ3n) is 2.68. The van der Waals surface area contributed by atoms with Crippen molar-refractivity contribution in [3.05, 3.63) is 34.6 Å². The molecule has 0 spiro atoms. The van der Waals surface area contributed by atoms with Crippen molar-refractivity contribution in [1.29, 1.82) is 0 Å². The number of ether oxygens (including phenoxy) is 1. The van der Waals surface area contributed by atoms with Crippen LogP contribution in [0.3, 0.4) is 0 Å². The van der Waals surface area contributed by atoms with E-state index < -0.39 is 0 Å². The average Bonchev–Trinajstić information content (AvgIpc) is 2.53. The standard InChI is InChI=1S/C11H12ClFO/c1-14-6-9-7-2-4-10(12)8(7)3-5-11(9)13/h3,5,10H,2,4,6H2,1H3. The average molecular weight is 215 g/mol. The minimum Gasteiger partial charge on any atom is -0.380 e. The van der Waals surface area contributed by atoms with Gasteiger partial charge < -0.3 is 4.74 Å². The summed E-state index contributed by atoms with van der Waals surface area (Å²) in [4.78, 5) is 0. The zero-order valence-corrected chi connectivity index (χ0v) is 8.77. The topological polar surface area (TPSA) is 9.23 Å². The van der Waals surface area contributed by atoms with Crippen molar-refractivity contribution in [2.24, 2.45) is 0 Å². The lowest BCUT2D eigenvalue weighted by Crippen LogP contribution is -1.99. The molecule has 0 fully saturated rings. The van der Waals surface area contributed by atoms with Crippen molar-refractivity contribution in [3.63, 3.8) is 0 Å². The minimum atomic E-state index is -0.184. The van der Waals surface area contributed by atoms with E-state index in [1.807, 2.05) is 0 Å². The number of methoxy groups -OCH3 is 1. The molecule has 1 unspecified atom stereocenters. The van der Waals surface area contributed by atoms with E-state index in [0.717, 1.165) is 24.0 Å². The zero-order valence-electron chi connectivity index (χ0n) is 8.02. The van der Waals surface area contributed by atoms with Gasteiger partial charge in [-0.3, -0.25) is 0 Å². The van der Waals surface area contributed by atoms with Crippen molar-refractivity contribution in [2.45, 2.75) is 24.8 Å². The number of hydrogen-bond donors (Lipinski definition) is 0. The quantitative estimate of drug-likeness (QED) is 0.687. The van der Waals surface area contributed by atoms with Gasteiger partial charge in [-0.2, -0.15) is 0 Å². The molecule has 0 N–H and O–H groups in total. The van der Waals surface area contributed by atoms with Crippen molar-refractivity contribution in [2.75, 3.05) is 7.11 Å². The van der Waals surface area contributed by atoms with Crippen molar-refractivity contribution >= 4 is 11.6 Å². The Labute approximate surface area is 87.8 Å². The van der Waals surface area contributed by atoms with Gasteiger partial charge in [-0.15, -0.1) is 11.6 Å². The summed E-state index contributed by atoms with van der Waals surface area (Å²) in [7, 11) is 1.58. The van der Waals surface area contributed by atoms with E-state index in [9.17, 15) is 4.39 Å². The number of halogens is 2. The van der Waals surface area contributed by atoms with Gasteiger partial charge in [0.05, 0.1) is 12.0 Å². The molecule has 0 radical (unpaired) electrons. The molecular weight excluding hydrogens is 203 g/mol. The van der Waals surface area contributed by atoms with Crippen LogP contribution in [0.15, 0.2) is 12.1 Å². The first-order chi connectivity index (χ1) is 6.74. The van der Waals surface area contributed by atoms with Gasteiger partial charge in [0.25, 0.3) is 0 Å². The smallest absolute Gasteiger partial charge is 0.129 e. The maximum Gasteiger partial charge on any atom is 0.129 e. The summed E-state index contributed by atoms with van der Waals surface area (Å²) < 4.78 is 18.4. The van der Waals surface area contributed by atoms with Crippen molar-refractivity contribution < 1.29 is 9.13 Å². The van der Waals surface area contributed by atoms with Crippen LogP contribution >= 0.6 is 11.6 Å². The van der Waals surface area contributed by atoms with Crippen LogP contribution < -0.4 is 0 Å². The van der Waals surface area contributed by atoms with Crippen LogP contribution in [0.1, 0.15) is 28.5 Å². The van der Waals surface area contributed by atoms with Gasteiger partial charge in [0.15, 0.2) is 0 Å². The van der Waals surface area contributed by atoms with Crippen molar-refractivity contribution in [3.8, 4) is 0 Å². The predicted molar refractivity (Wildman–Crippen MR) is 54.0 cm³/mol. The third kappa shape index (κ3) is 1.53. The Morgan fingerprint density at radius 3 is 3.07 bits per heavy atom. The second kappa shape index (κ2) is 3.87. The van der Waals surface area contributed by atoms with Gasteiger partial charge >= 0.3 is 0 Å². The van der Waals surface area contributed by atoms with Crippen LogP contribution in [0.5, 0.6) is 0 Å². The predicted octanol–water partition coefficient (Wildman–Crippen LogP) is 3.20. The van der Waals surface area contributed by atoms with Crippen LogP contribution in [0.4, 0.5) is 4.39 Å². The van der Waals surface area contributed by atoms with E-state index in [0.29, 0.717) is 12.2 Å². The van der Waals surface area contributed by atoms with Gasteiger partial charge in [-0.05, 0) is 30.0 Å². The first kappa shape index (κ1) is 9.94. The Bertz CT molecular complexity index is 351. The van der Waals surface area contributed by atoms with Crippen LogP contribution in [0.2, 0.25) is 0 Å². The fourth-order valence-electron chi connectivity index (χ4n) is 2.00. The van der Waals surface area contributed by atoms with E-state index >= 15 is 0 Å². The lowest BCUT2D eigenvalue weighted by molar-refractivity contribution is 0.180. The Morgan fingerprint density at radius 1 is 1.57 bits per heavy atom. The Hall–Kier alpha value is -0.600. The monoisotopic (exact) mass is 214 g/mol. The first-order valence-electron chi connectivity index (χ1n) is 4.67. The molecule has 0 amide bonds. The maximum atomic E-state index is 13.4. The minimum absolute atomic E-state index is 0.0428. The lowest BCUT2D eigenvalue weighted by atomic mass is 10.0. The van der Waals surface area contributed by atoms with Crippen molar-refractivity contribution in [1.82, 2.24) is 0 Å². The maximum absolute atomic E-state index is 13.4. The van der Waals surface area contributed by atoms with E-state index in [4.69, 9.17) is 16.3 Å². The molecule has 1 aliphatic carbocycles. The highest BCUT2D eigenvalue weighted by Gasteiger charge is 2.24. The lowest BCUT2D eigenvalue weighted by Gasteiger charge is -2.09. The molecule has 0 heterocycles. The molecule has 0 saturated heterocycles. The highest BCUT2D eigenvalue weighted by Crippen LogP contribution is 2.38. The normalized spacial score (nSPS) is 19.8. The molecule has 0 bridgehead atoms. The Balaban J connectivity index is 2.48. The Morgan fingerprint density at radius 2 is 2.36 bits per heavy atom. The fraction of sp³-hybridized carbons (Fsp3) is 0.455. The summed E-state index contributed by atoms with van der Waals surface area (Å²) >= 11 is 6.10. The molecule has 1 atom stereocenters. The van der Waals surface area contributed by atoms with Crippen LogP contribution in [-0.4, -0.2) is 7.11 Å². The van der Waals surface area contributed by atoms with Crippen LogP contribution in [0, 0.1) is 5.82 Å². The van der Waals surface area contributed by atoms with E-state index in [-0.39, 0.29) is 11.2 Å². The molecule has 2 rings (SSSR count). The molecule has 1 aromatic rings. The summed E-state index contributed by atoms with van der Waals surface area (Å²) in [5.74, 6) is -0.184. The number of hydrogen-bond acceptors (Lipinski definition) is 1. The molecule has 1 nitrogen and oxygen atoms in total. The molecule has 3 heteroatoms. The first-order valence-corrected chi connectivity index (χ1v) is 5.11. The second-order valence-corrected chi connectivity index (χ2v) is 4.06. The molecule has 0 aliphatic heterocycles. The molecule has 0 saturated carbocycles.